The van der Waals surface area contributed by atoms with Gasteiger partial charge in [-0.15, -0.1) is 0 Å². The molecule has 0 fully saturated rings. The maximum Gasteiger partial charge on any atom is 0.331 e. The van der Waals surface area contributed by atoms with Gasteiger partial charge >= 0.3 is 5.97 Å². The lowest BCUT2D eigenvalue weighted by molar-refractivity contribution is -0.138. The molecule has 0 heterocycles. The third-order valence-electron chi connectivity index (χ3n) is 3.77. The summed E-state index contributed by atoms with van der Waals surface area (Å²) in [5.74, 6) is 0.240. The maximum atomic E-state index is 12.1. The second-order valence-electron chi connectivity index (χ2n) is 5.52. The summed E-state index contributed by atoms with van der Waals surface area (Å²) in [7, 11) is 0.526. The lowest BCUT2D eigenvalue weighted by Gasteiger charge is -2.10. The van der Waals surface area contributed by atoms with Gasteiger partial charge in [0.05, 0.1) is 14.2 Å². The summed E-state index contributed by atoms with van der Waals surface area (Å²) in [6.07, 6.45) is 2.69. The smallest absolute Gasteiger partial charge is 0.331 e. The molecule has 0 aliphatic heterocycles. The van der Waals surface area contributed by atoms with Crippen LogP contribution in [-0.2, 0) is 26.2 Å². The third kappa shape index (κ3) is 5.57. The van der Waals surface area contributed by atoms with Crippen molar-refractivity contribution in [2.75, 3.05) is 21.3 Å². The highest BCUT2D eigenvalue weighted by molar-refractivity contribution is 9.10. The number of benzene rings is 2. The fourth-order valence-corrected chi connectivity index (χ4v) is 3.67. The number of ether oxygens (including phenoxy) is 3. The number of hydrogen-bond donors (Lipinski definition) is 1. The van der Waals surface area contributed by atoms with E-state index < -0.39 is 16.0 Å². The molecule has 0 aliphatic carbocycles. The van der Waals surface area contributed by atoms with Gasteiger partial charge in [-0.1, -0.05) is 22.0 Å². The zero-order valence-corrected chi connectivity index (χ0v) is 18.0. The molecule has 0 unspecified atom stereocenters. The SMILES string of the molecule is CNS(=O)(=O)c1cc(/C=C/C(=O)OCc2cc(Br)ccc2OC)ccc1OC. The molecular weight excluding hydrogens is 450 g/mol. The number of carbonyl (C=O) groups excluding carboxylic acids is 1. The molecule has 0 aromatic heterocycles. The molecule has 0 aliphatic rings. The minimum absolute atomic E-state index is 0.0214. The molecule has 7 nitrogen and oxygen atoms in total. The van der Waals surface area contributed by atoms with E-state index in [0.29, 0.717) is 16.9 Å². The van der Waals surface area contributed by atoms with Crippen LogP contribution in [0.4, 0.5) is 0 Å². The van der Waals surface area contributed by atoms with Crippen molar-refractivity contribution >= 4 is 38.0 Å². The second-order valence-corrected chi connectivity index (χ2v) is 8.29. The van der Waals surface area contributed by atoms with Crippen molar-refractivity contribution in [1.29, 1.82) is 0 Å². The van der Waals surface area contributed by atoms with Crippen LogP contribution in [0.25, 0.3) is 6.08 Å². The van der Waals surface area contributed by atoms with Crippen LogP contribution in [0.1, 0.15) is 11.1 Å². The average molecular weight is 470 g/mol. The van der Waals surface area contributed by atoms with Crippen LogP contribution < -0.4 is 14.2 Å². The zero-order valence-electron chi connectivity index (χ0n) is 15.6. The van der Waals surface area contributed by atoms with Gasteiger partial charge in [-0.2, -0.15) is 0 Å². The van der Waals surface area contributed by atoms with E-state index >= 15 is 0 Å². The van der Waals surface area contributed by atoms with Gasteiger partial charge < -0.3 is 14.2 Å². The number of methoxy groups -OCH3 is 2. The highest BCUT2D eigenvalue weighted by atomic mass is 79.9. The largest absolute Gasteiger partial charge is 0.496 e. The van der Waals surface area contributed by atoms with Crippen molar-refractivity contribution in [2.24, 2.45) is 0 Å². The summed E-state index contributed by atoms with van der Waals surface area (Å²) >= 11 is 3.36. The first-order valence-electron chi connectivity index (χ1n) is 8.09. The van der Waals surface area contributed by atoms with E-state index in [1.807, 2.05) is 6.07 Å². The molecule has 0 radical (unpaired) electrons. The normalized spacial score (nSPS) is 11.4. The number of halogens is 1. The third-order valence-corrected chi connectivity index (χ3v) is 5.70. The van der Waals surface area contributed by atoms with Crippen molar-refractivity contribution in [3.8, 4) is 11.5 Å². The fraction of sp³-hybridized carbons (Fsp3) is 0.211. The zero-order chi connectivity index (χ0) is 20.7. The standard InChI is InChI=1S/C19H20BrNO6S/c1-21-28(23,24)18-10-13(4-7-17(18)26-3)5-9-19(22)27-12-14-11-15(20)6-8-16(14)25-2/h4-11,21H,12H2,1-3H3/b9-5+. The number of rotatable bonds is 8. The molecule has 0 bridgehead atoms. The highest BCUT2D eigenvalue weighted by Gasteiger charge is 2.17. The van der Waals surface area contributed by atoms with Crippen LogP contribution in [0.5, 0.6) is 11.5 Å². The minimum atomic E-state index is -3.70. The monoisotopic (exact) mass is 469 g/mol. The Kier molecular flexibility index (Phi) is 7.61. The summed E-state index contributed by atoms with van der Waals surface area (Å²) in [5.41, 5.74) is 1.22. The van der Waals surface area contributed by atoms with Crippen LogP contribution in [-0.4, -0.2) is 35.7 Å². The summed E-state index contributed by atoms with van der Waals surface area (Å²) < 4.78 is 42.8. The van der Waals surface area contributed by atoms with Gasteiger partial charge in [-0.25, -0.2) is 17.9 Å². The molecule has 28 heavy (non-hydrogen) atoms. The number of sulfonamides is 1. The molecule has 2 aromatic carbocycles. The Bertz CT molecular complexity index is 988. The highest BCUT2D eigenvalue weighted by Crippen LogP contribution is 2.26. The molecule has 0 spiro atoms. The molecule has 0 saturated heterocycles. The van der Waals surface area contributed by atoms with Crippen LogP contribution in [0.15, 0.2) is 51.8 Å². The number of nitrogens with one attached hydrogen (secondary N) is 1. The van der Waals surface area contributed by atoms with Gasteiger partial charge in [0, 0.05) is 16.1 Å². The molecule has 0 saturated carbocycles. The lowest BCUT2D eigenvalue weighted by atomic mass is 10.2. The van der Waals surface area contributed by atoms with E-state index in [-0.39, 0.29) is 17.3 Å². The summed E-state index contributed by atoms with van der Waals surface area (Å²) in [6, 6.07) is 9.95. The molecular formula is C19H20BrNO6S. The summed E-state index contributed by atoms with van der Waals surface area (Å²) in [6.45, 7) is 0.0355. The molecule has 1 N–H and O–H groups in total. The molecule has 9 heteroatoms. The van der Waals surface area contributed by atoms with E-state index in [2.05, 4.69) is 20.7 Å². The number of carbonyl (C=O) groups is 1. The Morgan fingerprint density at radius 3 is 2.43 bits per heavy atom. The van der Waals surface area contributed by atoms with E-state index in [9.17, 15) is 13.2 Å². The minimum Gasteiger partial charge on any atom is -0.496 e. The predicted octanol–water partition coefficient (Wildman–Crippen LogP) is 3.13. The van der Waals surface area contributed by atoms with E-state index in [0.717, 1.165) is 4.47 Å². The van der Waals surface area contributed by atoms with E-state index in [1.165, 1.54) is 45.6 Å². The molecule has 0 atom stereocenters. The van der Waals surface area contributed by atoms with Gasteiger partial charge in [0.1, 0.15) is 23.0 Å². The first-order chi connectivity index (χ1) is 13.3. The Hall–Kier alpha value is -2.36. The Labute approximate surface area is 172 Å². The Morgan fingerprint density at radius 2 is 1.79 bits per heavy atom. The van der Waals surface area contributed by atoms with Gasteiger partial charge in [-0.3, -0.25) is 0 Å². The molecule has 2 aromatic rings. The Morgan fingerprint density at radius 1 is 1.11 bits per heavy atom. The van der Waals surface area contributed by atoms with Gasteiger partial charge in [0.15, 0.2) is 0 Å². The second kappa shape index (κ2) is 9.72. The topological polar surface area (TPSA) is 90.9 Å². The van der Waals surface area contributed by atoms with Crippen LogP contribution in [0.2, 0.25) is 0 Å². The van der Waals surface area contributed by atoms with Crippen molar-refractivity contribution in [3.63, 3.8) is 0 Å². The van der Waals surface area contributed by atoms with Crippen molar-refractivity contribution < 1.29 is 27.4 Å². The van der Waals surface area contributed by atoms with Crippen molar-refractivity contribution in [3.05, 3.63) is 58.1 Å². The molecule has 150 valence electrons. The number of esters is 1. The molecule has 0 amide bonds. The molecule has 2 rings (SSSR count). The van der Waals surface area contributed by atoms with Gasteiger partial charge in [-0.05, 0) is 49.0 Å². The fourth-order valence-electron chi connectivity index (χ4n) is 2.34. The summed E-state index contributed by atoms with van der Waals surface area (Å²) in [4.78, 5) is 12.0. The van der Waals surface area contributed by atoms with Gasteiger partial charge in [0.25, 0.3) is 0 Å². The van der Waals surface area contributed by atoms with Gasteiger partial charge in [0.2, 0.25) is 10.0 Å². The average Bonchev–Trinajstić information content (AvgIpc) is 2.70. The quantitative estimate of drug-likeness (QED) is 0.471. The van der Waals surface area contributed by atoms with Crippen molar-refractivity contribution in [2.45, 2.75) is 11.5 Å². The van der Waals surface area contributed by atoms with Crippen LogP contribution >= 0.6 is 15.9 Å². The van der Waals surface area contributed by atoms with E-state index in [1.54, 1.807) is 18.2 Å². The van der Waals surface area contributed by atoms with E-state index in [4.69, 9.17) is 14.2 Å². The van der Waals surface area contributed by atoms with Crippen LogP contribution in [0, 0.1) is 0 Å². The van der Waals surface area contributed by atoms with Crippen molar-refractivity contribution in [1.82, 2.24) is 4.72 Å². The van der Waals surface area contributed by atoms with Crippen LogP contribution in [0.3, 0.4) is 0 Å². The first kappa shape index (κ1) is 21.9. The maximum absolute atomic E-state index is 12.1. The predicted molar refractivity (Wildman–Crippen MR) is 109 cm³/mol. The Balaban J connectivity index is 2.12. The lowest BCUT2D eigenvalue weighted by Crippen LogP contribution is -2.19. The number of hydrogen-bond acceptors (Lipinski definition) is 6. The first-order valence-corrected chi connectivity index (χ1v) is 10.4. The summed E-state index contributed by atoms with van der Waals surface area (Å²) in [5, 5.41) is 0.